The van der Waals surface area contributed by atoms with Gasteiger partial charge >= 0.3 is 0 Å². The molecule has 1 aliphatic rings. The average molecular weight is 142 g/mol. The third kappa shape index (κ3) is 2.35. The Balaban J connectivity index is 2.05. The fraction of sp³-hybridized carbons (Fsp3) is 0.857. The van der Waals surface area contributed by atoms with Gasteiger partial charge < -0.3 is 11.1 Å². The quantitative estimate of drug-likeness (QED) is 0.576. The molecule has 58 valence electrons. The molecule has 0 saturated heterocycles. The van der Waals surface area contributed by atoms with Crippen molar-refractivity contribution in [3.8, 4) is 0 Å². The van der Waals surface area contributed by atoms with Crippen LogP contribution >= 0.6 is 0 Å². The number of rotatable bonds is 3. The zero-order valence-electron chi connectivity index (χ0n) is 6.26. The minimum Gasteiger partial charge on any atom is -0.354 e. The van der Waals surface area contributed by atoms with Gasteiger partial charge in [0.25, 0.3) is 0 Å². The van der Waals surface area contributed by atoms with Crippen molar-refractivity contribution < 1.29 is 4.79 Å². The Morgan fingerprint density at radius 3 is 2.80 bits per heavy atom. The van der Waals surface area contributed by atoms with Gasteiger partial charge in [-0.2, -0.15) is 0 Å². The fourth-order valence-corrected chi connectivity index (χ4v) is 0.728. The molecule has 0 aromatic heterocycles. The number of hydrogen-bond donors (Lipinski definition) is 2. The molecule has 1 amide bonds. The lowest BCUT2D eigenvalue weighted by atomic mass is 10.3. The van der Waals surface area contributed by atoms with Crippen LogP contribution < -0.4 is 11.1 Å². The van der Waals surface area contributed by atoms with Crippen LogP contribution in [0.5, 0.6) is 0 Å². The molecule has 0 aliphatic heterocycles. The van der Waals surface area contributed by atoms with E-state index in [1.54, 1.807) is 6.92 Å². The smallest absolute Gasteiger partial charge is 0.236 e. The summed E-state index contributed by atoms with van der Waals surface area (Å²) in [5.41, 5.74) is 5.33. The van der Waals surface area contributed by atoms with Crippen molar-refractivity contribution in [1.29, 1.82) is 0 Å². The molecule has 3 heteroatoms. The van der Waals surface area contributed by atoms with Gasteiger partial charge in [0.2, 0.25) is 5.91 Å². The first-order chi connectivity index (χ1) is 4.70. The molecule has 10 heavy (non-hydrogen) atoms. The van der Waals surface area contributed by atoms with E-state index in [2.05, 4.69) is 5.32 Å². The second kappa shape index (κ2) is 3.01. The maximum Gasteiger partial charge on any atom is 0.236 e. The Morgan fingerprint density at radius 1 is 1.80 bits per heavy atom. The first-order valence-corrected chi connectivity index (χ1v) is 3.73. The summed E-state index contributed by atoms with van der Waals surface area (Å²) in [7, 11) is 0. The van der Waals surface area contributed by atoms with E-state index in [9.17, 15) is 4.79 Å². The molecule has 1 atom stereocenters. The lowest BCUT2D eigenvalue weighted by Gasteiger charge is -2.05. The van der Waals surface area contributed by atoms with Gasteiger partial charge in [-0.25, -0.2) is 0 Å². The van der Waals surface area contributed by atoms with Gasteiger partial charge in [-0.05, 0) is 25.7 Å². The standard InChI is InChI=1S/C7H14N2O/c1-5(8)7(10)9-4-6-2-3-6/h5-6H,2-4,8H2,1H3,(H,9,10). The Kier molecular flexibility index (Phi) is 2.27. The summed E-state index contributed by atoms with van der Waals surface area (Å²) in [6, 6.07) is -0.362. The van der Waals surface area contributed by atoms with Crippen molar-refractivity contribution in [2.75, 3.05) is 6.54 Å². The molecular formula is C7H14N2O. The predicted molar refractivity (Wildman–Crippen MR) is 39.4 cm³/mol. The third-order valence-corrected chi connectivity index (χ3v) is 1.68. The highest BCUT2D eigenvalue weighted by molar-refractivity contribution is 5.80. The molecule has 0 radical (unpaired) electrons. The second-order valence-electron chi connectivity index (χ2n) is 2.98. The molecule has 1 rings (SSSR count). The Hall–Kier alpha value is -0.570. The van der Waals surface area contributed by atoms with Crippen molar-refractivity contribution in [2.45, 2.75) is 25.8 Å². The second-order valence-corrected chi connectivity index (χ2v) is 2.98. The number of nitrogens with two attached hydrogens (primary N) is 1. The topological polar surface area (TPSA) is 55.1 Å². The number of carbonyl (C=O) groups excluding carboxylic acids is 1. The van der Waals surface area contributed by atoms with E-state index in [1.165, 1.54) is 12.8 Å². The first-order valence-electron chi connectivity index (χ1n) is 3.73. The van der Waals surface area contributed by atoms with Crippen LogP contribution in [-0.2, 0) is 4.79 Å². The number of carbonyl (C=O) groups is 1. The van der Waals surface area contributed by atoms with E-state index < -0.39 is 0 Å². The van der Waals surface area contributed by atoms with E-state index in [1.807, 2.05) is 0 Å². The van der Waals surface area contributed by atoms with Crippen LogP contribution in [0.3, 0.4) is 0 Å². The highest BCUT2D eigenvalue weighted by atomic mass is 16.2. The van der Waals surface area contributed by atoms with Gasteiger partial charge in [-0.1, -0.05) is 0 Å². The van der Waals surface area contributed by atoms with Crippen LogP contribution in [0, 0.1) is 5.92 Å². The van der Waals surface area contributed by atoms with Gasteiger partial charge in [-0.3, -0.25) is 4.79 Å². The summed E-state index contributed by atoms with van der Waals surface area (Å²) in [5.74, 6) is 0.703. The van der Waals surface area contributed by atoms with Crippen LogP contribution in [0.25, 0.3) is 0 Å². The molecule has 3 N–H and O–H groups in total. The van der Waals surface area contributed by atoms with E-state index >= 15 is 0 Å². The number of nitrogens with one attached hydrogen (secondary N) is 1. The SMILES string of the molecule is CC(N)C(=O)NCC1CC1. The molecule has 1 aliphatic carbocycles. The van der Waals surface area contributed by atoms with Crippen LogP contribution in [0.2, 0.25) is 0 Å². The predicted octanol–water partition coefficient (Wildman–Crippen LogP) is -0.140. The Labute approximate surface area is 61.0 Å². The number of hydrogen-bond acceptors (Lipinski definition) is 2. The van der Waals surface area contributed by atoms with E-state index in [0.717, 1.165) is 12.5 Å². The van der Waals surface area contributed by atoms with Gasteiger partial charge in [0.05, 0.1) is 6.04 Å². The minimum absolute atomic E-state index is 0.0353. The highest BCUT2D eigenvalue weighted by Gasteiger charge is 2.21. The summed E-state index contributed by atoms with van der Waals surface area (Å²) in [4.78, 5) is 10.8. The molecule has 0 spiro atoms. The van der Waals surface area contributed by atoms with Gasteiger partial charge in [0.1, 0.15) is 0 Å². The maximum absolute atomic E-state index is 10.8. The first kappa shape index (κ1) is 7.54. The third-order valence-electron chi connectivity index (χ3n) is 1.68. The molecule has 1 fully saturated rings. The monoisotopic (exact) mass is 142 g/mol. The van der Waals surface area contributed by atoms with E-state index in [-0.39, 0.29) is 11.9 Å². The molecular weight excluding hydrogens is 128 g/mol. The van der Waals surface area contributed by atoms with Gasteiger partial charge in [0.15, 0.2) is 0 Å². The fourth-order valence-electron chi connectivity index (χ4n) is 0.728. The highest BCUT2D eigenvalue weighted by Crippen LogP contribution is 2.27. The van der Waals surface area contributed by atoms with Crippen LogP contribution in [-0.4, -0.2) is 18.5 Å². The Morgan fingerprint density at radius 2 is 2.40 bits per heavy atom. The zero-order valence-corrected chi connectivity index (χ0v) is 6.26. The zero-order chi connectivity index (χ0) is 7.56. The van der Waals surface area contributed by atoms with Crippen molar-refractivity contribution in [3.63, 3.8) is 0 Å². The molecule has 1 saturated carbocycles. The summed E-state index contributed by atoms with van der Waals surface area (Å²) in [6.45, 7) is 2.52. The van der Waals surface area contributed by atoms with Crippen LogP contribution in [0.1, 0.15) is 19.8 Å². The summed E-state index contributed by atoms with van der Waals surface area (Å²) < 4.78 is 0. The molecule has 3 nitrogen and oxygen atoms in total. The lowest BCUT2D eigenvalue weighted by Crippen LogP contribution is -2.39. The van der Waals surface area contributed by atoms with Crippen LogP contribution in [0.15, 0.2) is 0 Å². The summed E-state index contributed by atoms with van der Waals surface area (Å²) in [6.07, 6.45) is 2.53. The molecule has 0 heterocycles. The molecule has 1 unspecified atom stereocenters. The van der Waals surface area contributed by atoms with E-state index in [0.29, 0.717) is 0 Å². The van der Waals surface area contributed by atoms with Gasteiger partial charge in [0, 0.05) is 6.54 Å². The maximum atomic E-state index is 10.8. The molecule has 0 bridgehead atoms. The van der Waals surface area contributed by atoms with Gasteiger partial charge in [-0.15, -0.1) is 0 Å². The number of amides is 1. The summed E-state index contributed by atoms with van der Waals surface area (Å²) in [5, 5.41) is 2.78. The lowest BCUT2D eigenvalue weighted by molar-refractivity contribution is -0.122. The Bertz CT molecular complexity index is 130. The average Bonchev–Trinajstić information content (AvgIpc) is 2.64. The van der Waals surface area contributed by atoms with Crippen molar-refractivity contribution in [2.24, 2.45) is 11.7 Å². The summed E-state index contributed by atoms with van der Waals surface area (Å²) >= 11 is 0. The van der Waals surface area contributed by atoms with E-state index in [4.69, 9.17) is 5.73 Å². The normalized spacial score (nSPS) is 20.2. The van der Waals surface area contributed by atoms with Crippen LogP contribution in [0.4, 0.5) is 0 Å². The largest absolute Gasteiger partial charge is 0.354 e. The van der Waals surface area contributed by atoms with Crippen molar-refractivity contribution in [1.82, 2.24) is 5.32 Å². The minimum atomic E-state index is -0.362. The van der Waals surface area contributed by atoms with Crippen molar-refractivity contribution in [3.05, 3.63) is 0 Å². The molecule has 0 aromatic rings. The van der Waals surface area contributed by atoms with Crippen molar-refractivity contribution >= 4 is 5.91 Å². The molecule has 0 aromatic carbocycles.